The zero-order valence-corrected chi connectivity index (χ0v) is 9.81. The number of hydrogen-bond acceptors (Lipinski definition) is 3. The highest BCUT2D eigenvalue weighted by molar-refractivity contribution is 5.95. The zero-order chi connectivity index (χ0) is 12.0. The molecule has 0 spiro atoms. The molecule has 0 heterocycles. The summed E-state index contributed by atoms with van der Waals surface area (Å²) in [7, 11) is 1.37. The van der Waals surface area contributed by atoms with Gasteiger partial charge < -0.3 is 4.74 Å². The molecule has 1 aliphatic rings. The number of carbonyl (C=O) groups is 2. The van der Waals surface area contributed by atoms with Crippen molar-refractivity contribution < 1.29 is 14.3 Å². The normalized spacial score (nSPS) is 24.2. The van der Waals surface area contributed by atoms with Crippen LogP contribution in [0.4, 0.5) is 0 Å². The maximum atomic E-state index is 11.6. The van der Waals surface area contributed by atoms with Gasteiger partial charge in [-0.05, 0) is 24.8 Å². The van der Waals surface area contributed by atoms with Crippen molar-refractivity contribution in [2.24, 2.45) is 11.8 Å². The van der Waals surface area contributed by atoms with E-state index >= 15 is 0 Å². The molecule has 1 rings (SSSR count). The van der Waals surface area contributed by atoms with E-state index in [4.69, 9.17) is 0 Å². The number of esters is 1. The van der Waals surface area contributed by atoms with Gasteiger partial charge in [0.2, 0.25) is 0 Å². The van der Waals surface area contributed by atoms with E-state index in [1.807, 2.05) is 18.2 Å². The van der Waals surface area contributed by atoms with Gasteiger partial charge in [0.05, 0.1) is 13.5 Å². The highest BCUT2D eigenvalue weighted by Gasteiger charge is 2.30. The number of rotatable bonds is 5. The van der Waals surface area contributed by atoms with Gasteiger partial charge in [-0.3, -0.25) is 9.59 Å². The van der Waals surface area contributed by atoms with Crippen LogP contribution in [0.3, 0.4) is 0 Å². The molecule has 0 amide bonds. The summed E-state index contributed by atoms with van der Waals surface area (Å²) in [5.41, 5.74) is 0. The molecule has 1 aliphatic carbocycles. The summed E-state index contributed by atoms with van der Waals surface area (Å²) in [5, 5.41) is 0. The molecule has 3 nitrogen and oxygen atoms in total. The van der Waals surface area contributed by atoms with Gasteiger partial charge in [-0.15, -0.1) is 0 Å². The topological polar surface area (TPSA) is 43.4 Å². The maximum Gasteiger partial charge on any atom is 0.306 e. The van der Waals surface area contributed by atoms with Gasteiger partial charge in [0.1, 0.15) is 0 Å². The Morgan fingerprint density at radius 2 is 2.25 bits per heavy atom. The molecular formula is C13H18O3. The molecule has 0 aromatic heterocycles. The van der Waals surface area contributed by atoms with Crippen molar-refractivity contribution in [3.05, 3.63) is 24.3 Å². The minimum Gasteiger partial charge on any atom is -0.469 e. The molecule has 3 heteroatoms. The van der Waals surface area contributed by atoms with Crippen LogP contribution in [-0.2, 0) is 14.3 Å². The quantitative estimate of drug-likeness (QED) is 0.529. The molecule has 0 saturated heterocycles. The summed E-state index contributed by atoms with van der Waals surface area (Å²) in [6.45, 7) is 2.05. The number of allylic oxidation sites excluding steroid dienone is 4. The Morgan fingerprint density at radius 3 is 2.88 bits per heavy atom. The van der Waals surface area contributed by atoms with Crippen molar-refractivity contribution in [3.8, 4) is 0 Å². The molecule has 0 fully saturated rings. The van der Waals surface area contributed by atoms with Gasteiger partial charge in [-0.1, -0.05) is 25.2 Å². The van der Waals surface area contributed by atoms with Crippen LogP contribution in [0.15, 0.2) is 24.3 Å². The van der Waals surface area contributed by atoms with Crippen molar-refractivity contribution in [2.75, 3.05) is 7.11 Å². The van der Waals surface area contributed by atoms with Crippen molar-refractivity contribution in [1.29, 1.82) is 0 Å². The number of hydrogen-bond donors (Lipinski definition) is 0. The summed E-state index contributed by atoms with van der Waals surface area (Å²) in [6, 6.07) is 0. The van der Waals surface area contributed by atoms with Crippen LogP contribution in [0.25, 0.3) is 0 Å². The van der Waals surface area contributed by atoms with Crippen LogP contribution >= 0.6 is 0 Å². The number of ketones is 1. The predicted octanol–water partition coefficient (Wildman–Crippen LogP) is 2.28. The second-order valence-corrected chi connectivity index (χ2v) is 3.93. The molecule has 16 heavy (non-hydrogen) atoms. The lowest BCUT2D eigenvalue weighted by atomic mass is 9.89. The van der Waals surface area contributed by atoms with Crippen molar-refractivity contribution in [3.63, 3.8) is 0 Å². The first-order valence-electron chi connectivity index (χ1n) is 5.62. The molecule has 0 radical (unpaired) electrons. The van der Waals surface area contributed by atoms with Gasteiger partial charge >= 0.3 is 5.97 Å². The first-order valence-corrected chi connectivity index (χ1v) is 5.62. The highest BCUT2D eigenvalue weighted by atomic mass is 16.5. The molecule has 0 unspecified atom stereocenters. The third-order valence-electron chi connectivity index (χ3n) is 2.81. The summed E-state index contributed by atoms with van der Waals surface area (Å²) in [5.74, 6) is -0.216. The van der Waals surface area contributed by atoms with Crippen LogP contribution in [0, 0.1) is 11.8 Å². The van der Waals surface area contributed by atoms with E-state index in [0.29, 0.717) is 12.8 Å². The standard InChI is InChI=1S/C13H18O3/c1-3-4-5-6-11-10(7-8-12(11)14)9-13(15)16-2/h4-5,7-8,10-11H,3,6,9H2,1-2H3/b5-4+/t10-,11-/m1/s1. The maximum absolute atomic E-state index is 11.6. The monoisotopic (exact) mass is 222 g/mol. The van der Waals surface area contributed by atoms with Crippen molar-refractivity contribution in [1.82, 2.24) is 0 Å². The lowest BCUT2D eigenvalue weighted by Gasteiger charge is -2.14. The van der Waals surface area contributed by atoms with Gasteiger partial charge in [0.15, 0.2) is 5.78 Å². The van der Waals surface area contributed by atoms with Crippen LogP contribution in [0.2, 0.25) is 0 Å². The average Bonchev–Trinajstić information content (AvgIpc) is 2.61. The molecule has 0 aliphatic heterocycles. The Kier molecular flexibility index (Phi) is 4.96. The second-order valence-electron chi connectivity index (χ2n) is 3.93. The van der Waals surface area contributed by atoms with E-state index in [9.17, 15) is 9.59 Å². The lowest BCUT2D eigenvalue weighted by molar-refractivity contribution is -0.141. The minimum absolute atomic E-state index is 0.00135. The third-order valence-corrected chi connectivity index (χ3v) is 2.81. The first kappa shape index (κ1) is 12.7. The van der Waals surface area contributed by atoms with Crippen LogP contribution in [0.5, 0.6) is 0 Å². The van der Waals surface area contributed by atoms with Crippen LogP contribution in [-0.4, -0.2) is 18.9 Å². The third kappa shape index (κ3) is 3.33. The highest BCUT2D eigenvalue weighted by Crippen LogP contribution is 2.28. The average molecular weight is 222 g/mol. The molecule has 0 aromatic rings. The van der Waals surface area contributed by atoms with E-state index in [1.54, 1.807) is 6.08 Å². The van der Waals surface area contributed by atoms with E-state index in [-0.39, 0.29) is 23.6 Å². The molecular weight excluding hydrogens is 204 g/mol. The van der Waals surface area contributed by atoms with E-state index in [2.05, 4.69) is 11.7 Å². The Labute approximate surface area is 96.2 Å². The smallest absolute Gasteiger partial charge is 0.306 e. The van der Waals surface area contributed by atoms with Gasteiger partial charge in [0.25, 0.3) is 0 Å². The molecule has 0 bridgehead atoms. The largest absolute Gasteiger partial charge is 0.469 e. The second kappa shape index (κ2) is 6.26. The fourth-order valence-electron chi connectivity index (χ4n) is 1.87. The predicted molar refractivity (Wildman–Crippen MR) is 61.8 cm³/mol. The molecule has 0 N–H and O–H groups in total. The Bertz CT molecular complexity index is 315. The number of ether oxygens (including phenoxy) is 1. The minimum atomic E-state index is -0.256. The zero-order valence-electron chi connectivity index (χ0n) is 9.81. The molecule has 0 saturated carbocycles. The van der Waals surface area contributed by atoms with Crippen LogP contribution in [0.1, 0.15) is 26.2 Å². The fraction of sp³-hybridized carbons (Fsp3) is 0.538. The Balaban J connectivity index is 2.55. The number of carbonyl (C=O) groups excluding carboxylic acids is 2. The summed E-state index contributed by atoms with van der Waals surface area (Å²) >= 11 is 0. The molecule has 0 aromatic carbocycles. The summed E-state index contributed by atoms with van der Waals surface area (Å²) < 4.78 is 4.62. The van der Waals surface area contributed by atoms with Gasteiger partial charge in [0, 0.05) is 5.92 Å². The van der Waals surface area contributed by atoms with Gasteiger partial charge in [-0.2, -0.15) is 0 Å². The van der Waals surface area contributed by atoms with Crippen molar-refractivity contribution in [2.45, 2.75) is 26.2 Å². The van der Waals surface area contributed by atoms with E-state index in [0.717, 1.165) is 6.42 Å². The van der Waals surface area contributed by atoms with E-state index in [1.165, 1.54) is 7.11 Å². The number of methoxy groups -OCH3 is 1. The Morgan fingerprint density at radius 1 is 1.50 bits per heavy atom. The Hall–Kier alpha value is -1.38. The van der Waals surface area contributed by atoms with Crippen molar-refractivity contribution >= 4 is 11.8 Å². The summed E-state index contributed by atoms with van der Waals surface area (Å²) in [4.78, 5) is 22.7. The van der Waals surface area contributed by atoms with Crippen LogP contribution < -0.4 is 0 Å². The molecule has 2 atom stereocenters. The summed E-state index contributed by atoms with van der Waals surface area (Å²) in [6.07, 6.45) is 9.43. The fourth-order valence-corrected chi connectivity index (χ4v) is 1.87. The lowest BCUT2D eigenvalue weighted by Crippen LogP contribution is -2.18. The molecule has 88 valence electrons. The first-order chi connectivity index (χ1) is 7.69. The van der Waals surface area contributed by atoms with Gasteiger partial charge in [-0.25, -0.2) is 0 Å². The SMILES string of the molecule is CC/C=C/C[C@H]1C(=O)C=C[C@@H]1CC(=O)OC. The van der Waals surface area contributed by atoms with E-state index < -0.39 is 0 Å².